The van der Waals surface area contributed by atoms with E-state index in [4.69, 9.17) is 16.3 Å². The second-order valence-electron chi connectivity index (χ2n) is 4.90. The Morgan fingerprint density at radius 1 is 1.28 bits per heavy atom. The smallest absolute Gasteiger partial charge is 0.323 e. The van der Waals surface area contributed by atoms with Crippen molar-refractivity contribution in [1.29, 1.82) is 0 Å². The summed E-state index contributed by atoms with van der Waals surface area (Å²) in [7, 11) is 0. The van der Waals surface area contributed by atoms with Gasteiger partial charge >= 0.3 is 5.97 Å². The molecule has 1 atom stereocenters. The number of hydrogen-bond donors (Lipinski definition) is 0. The largest absolute Gasteiger partial charge is 0.465 e. The Hall–Kier alpha value is -0.280. The third kappa shape index (κ3) is 5.57. The molecule has 0 saturated carbocycles. The van der Waals surface area contributed by atoms with Crippen LogP contribution in [0.5, 0.6) is 0 Å². The first kappa shape index (κ1) is 15.8. The van der Waals surface area contributed by atoms with Crippen molar-refractivity contribution in [3.8, 4) is 0 Å². The normalized spacial score (nSPS) is 20.9. The summed E-state index contributed by atoms with van der Waals surface area (Å²) in [5.74, 6) is 0.729. The fourth-order valence-electron chi connectivity index (χ4n) is 2.53. The van der Waals surface area contributed by atoms with E-state index in [9.17, 15) is 4.79 Å². The summed E-state index contributed by atoms with van der Waals surface area (Å²) in [6.07, 6.45) is 7.97. The van der Waals surface area contributed by atoms with Gasteiger partial charge in [-0.1, -0.05) is 19.3 Å². The van der Waals surface area contributed by atoms with Crippen LogP contribution in [-0.2, 0) is 9.53 Å². The highest BCUT2D eigenvalue weighted by molar-refractivity contribution is 6.17. The summed E-state index contributed by atoms with van der Waals surface area (Å²) in [6, 6.07) is 0.00623. The number of piperidine rings is 1. The average molecular weight is 276 g/mol. The van der Waals surface area contributed by atoms with Crippen molar-refractivity contribution >= 4 is 17.6 Å². The van der Waals surface area contributed by atoms with Crippen molar-refractivity contribution in [2.24, 2.45) is 0 Å². The first-order valence-corrected chi connectivity index (χ1v) is 7.79. The average Bonchev–Trinajstić information content (AvgIpc) is 2.39. The van der Waals surface area contributed by atoms with Crippen molar-refractivity contribution < 1.29 is 9.53 Å². The maximum Gasteiger partial charge on any atom is 0.323 e. The number of halogens is 1. The number of carbonyl (C=O) groups excluding carboxylic acids is 1. The second-order valence-corrected chi connectivity index (χ2v) is 5.28. The van der Waals surface area contributed by atoms with E-state index in [1.54, 1.807) is 0 Å². The van der Waals surface area contributed by atoms with E-state index in [0.717, 1.165) is 44.7 Å². The number of ether oxygens (including phenoxy) is 1. The van der Waals surface area contributed by atoms with Gasteiger partial charge in [-0.3, -0.25) is 9.69 Å². The summed E-state index contributed by atoms with van der Waals surface area (Å²) in [5, 5.41) is 0. The quantitative estimate of drug-likeness (QED) is 0.387. The fourth-order valence-corrected chi connectivity index (χ4v) is 2.72. The lowest BCUT2D eigenvalue weighted by molar-refractivity contribution is -0.150. The lowest BCUT2D eigenvalue weighted by Gasteiger charge is -2.33. The first-order chi connectivity index (χ1) is 8.79. The highest BCUT2D eigenvalue weighted by atomic mass is 35.5. The molecule has 0 aromatic carbocycles. The van der Waals surface area contributed by atoms with Crippen LogP contribution >= 0.6 is 11.6 Å². The molecule has 1 saturated heterocycles. The minimum Gasteiger partial charge on any atom is -0.465 e. The molecule has 0 aliphatic carbocycles. The number of hydrogen-bond acceptors (Lipinski definition) is 3. The number of unbranched alkanes of at least 4 members (excludes halogenated alkanes) is 3. The van der Waals surface area contributed by atoms with E-state index in [1.807, 2.05) is 6.92 Å². The molecule has 0 spiro atoms. The van der Waals surface area contributed by atoms with Gasteiger partial charge in [-0.2, -0.15) is 0 Å². The molecule has 18 heavy (non-hydrogen) atoms. The Kier molecular flexibility index (Phi) is 8.44. The van der Waals surface area contributed by atoms with Crippen LogP contribution in [-0.4, -0.2) is 42.5 Å². The molecule has 1 fully saturated rings. The van der Waals surface area contributed by atoms with E-state index in [0.29, 0.717) is 6.61 Å². The van der Waals surface area contributed by atoms with Gasteiger partial charge in [0.2, 0.25) is 0 Å². The third-order valence-electron chi connectivity index (χ3n) is 3.50. The summed E-state index contributed by atoms with van der Waals surface area (Å²) in [4.78, 5) is 14.2. The van der Waals surface area contributed by atoms with E-state index in [2.05, 4.69) is 4.90 Å². The third-order valence-corrected chi connectivity index (χ3v) is 3.77. The van der Waals surface area contributed by atoms with Crippen molar-refractivity contribution in [1.82, 2.24) is 4.90 Å². The Morgan fingerprint density at radius 2 is 2.06 bits per heavy atom. The zero-order chi connectivity index (χ0) is 13.2. The molecular formula is C14H26ClNO2. The molecule has 0 aromatic heterocycles. The Bertz CT molecular complexity index is 236. The summed E-state index contributed by atoms with van der Waals surface area (Å²) in [6.45, 7) is 4.42. The molecule has 0 aromatic rings. The van der Waals surface area contributed by atoms with Gasteiger partial charge in [-0.25, -0.2) is 0 Å². The van der Waals surface area contributed by atoms with E-state index in [-0.39, 0.29) is 12.0 Å². The van der Waals surface area contributed by atoms with Crippen LogP contribution in [0, 0.1) is 0 Å². The molecule has 0 amide bonds. The number of nitrogens with zero attached hydrogens (tertiary/aromatic N) is 1. The highest BCUT2D eigenvalue weighted by Crippen LogP contribution is 2.19. The van der Waals surface area contributed by atoms with Gasteiger partial charge in [-0.15, -0.1) is 11.6 Å². The summed E-state index contributed by atoms with van der Waals surface area (Å²) < 4.78 is 5.16. The van der Waals surface area contributed by atoms with Crippen molar-refractivity contribution in [2.75, 3.05) is 25.6 Å². The van der Waals surface area contributed by atoms with Gasteiger partial charge < -0.3 is 4.74 Å². The van der Waals surface area contributed by atoms with Crippen molar-refractivity contribution in [3.05, 3.63) is 0 Å². The topological polar surface area (TPSA) is 29.5 Å². The molecule has 1 rings (SSSR count). The van der Waals surface area contributed by atoms with Gasteiger partial charge in [0.15, 0.2) is 0 Å². The molecule has 1 unspecified atom stereocenters. The molecule has 1 aliphatic rings. The number of rotatable bonds is 8. The molecule has 0 N–H and O–H groups in total. The minimum atomic E-state index is -0.0297. The first-order valence-electron chi connectivity index (χ1n) is 7.26. The predicted molar refractivity (Wildman–Crippen MR) is 75.0 cm³/mol. The van der Waals surface area contributed by atoms with Crippen LogP contribution in [0.25, 0.3) is 0 Å². The molecular weight excluding hydrogens is 250 g/mol. The zero-order valence-electron chi connectivity index (χ0n) is 11.5. The van der Waals surface area contributed by atoms with Crippen LogP contribution in [0.1, 0.15) is 51.9 Å². The Morgan fingerprint density at radius 3 is 2.78 bits per heavy atom. The van der Waals surface area contributed by atoms with Gasteiger partial charge in [0, 0.05) is 5.88 Å². The van der Waals surface area contributed by atoms with Gasteiger partial charge in [0.1, 0.15) is 6.04 Å². The number of likely N-dealkylation sites (tertiary alicyclic amines) is 1. The molecule has 0 bridgehead atoms. The minimum absolute atomic E-state index is 0.00623. The monoisotopic (exact) mass is 275 g/mol. The van der Waals surface area contributed by atoms with Gasteiger partial charge in [0.25, 0.3) is 0 Å². The molecule has 4 heteroatoms. The van der Waals surface area contributed by atoms with Crippen LogP contribution in [0.4, 0.5) is 0 Å². The molecule has 1 aliphatic heterocycles. The van der Waals surface area contributed by atoms with Gasteiger partial charge in [-0.05, 0) is 45.7 Å². The van der Waals surface area contributed by atoms with Gasteiger partial charge in [0.05, 0.1) is 6.61 Å². The van der Waals surface area contributed by atoms with Crippen molar-refractivity contribution in [3.63, 3.8) is 0 Å². The van der Waals surface area contributed by atoms with Crippen LogP contribution in [0.3, 0.4) is 0 Å². The molecule has 3 nitrogen and oxygen atoms in total. The lowest BCUT2D eigenvalue weighted by Crippen LogP contribution is -2.45. The van der Waals surface area contributed by atoms with Crippen LogP contribution in [0.2, 0.25) is 0 Å². The maximum atomic E-state index is 11.9. The highest BCUT2D eigenvalue weighted by Gasteiger charge is 2.28. The number of esters is 1. The van der Waals surface area contributed by atoms with Crippen LogP contribution < -0.4 is 0 Å². The van der Waals surface area contributed by atoms with E-state index < -0.39 is 0 Å². The fraction of sp³-hybridized carbons (Fsp3) is 0.929. The van der Waals surface area contributed by atoms with Crippen LogP contribution in [0.15, 0.2) is 0 Å². The summed E-state index contributed by atoms with van der Waals surface area (Å²) in [5.41, 5.74) is 0. The molecule has 1 heterocycles. The zero-order valence-corrected chi connectivity index (χ0v) is 12.3. The lowest BCUT2D eigenvalue weighted by atomic mass is 10.0. The predicted octanol–water partition coefficient (Wildman–Crippen LogP) is 3.20. The summed E-state index contributed by atoms with van der Waals surface area (Å²) >= 11 is 5.66. The second kappa shape index (κ2) is 9.62. The SMILES string of the molecule is CCOC(=O)C1CCCCN1CCCCCCCl. The van der Waals surface area contributed by atoms with Crippen molar-refractivity contribution in [2.45, 2.75) is 57.9 Å². The molecule has 0 radical (unpaired) electrons. The molecule has 106 valence electrons. The maximum absolute atomic E-state index is 11.9. The Balaban J connectivity index is 2.28. The number of alkyl halides is 1. The number of carbonyl (C=O) groups is 1. The standard InChI is InChI=1S/C14H26ClNO2/c1-2-18-14(17)13-9-5-8-12-16(13)11-7-4-3-6-10-15/h13H,2-12H2,1H3. The van der Waals surface area contributed by atoms with E-state index in [1.165, 1.54) is 19.3 Å². The van der Waals surface area contributed by atoms with E-state index >= 15 is 0 Å². The Labute approximate surface area is 116 Å².